The topological polar surface area (TPSA) is 35.8 Å². The normalized spacial score (nSPS) is 10.0. The van der Waals surface area contributed by atoms with Gasteiger partial charge in [0.2, 0.25) is 0 Å². The summed E-state index contributed by atoms with van der Waals surface area (Å²) >= 11 is 3.50. The number of nitriles is 1. The van der Waals surface area contributed by atoms with Crippen LogP contribution in [0, 0.1) is 25.2 Å². The van der Waals surface area contributed by atoms with Crippen LogP contribution in [0.1, 0.15) is 22.3 Å². The molecule has 0 aliphatic carbocycles. The van der Waals surface area contributed by atoms with Gasteiger partial charge in [-0.05, 0) is 48.7 Å². The quantitative estimate of drug-likeness (QED) is 0.902. The van der Waals surface area contributed by atoms with Crippen LogP contribution in [-0.2, 0) is 6.54 Å². The smallest absolute Gasteiger partial charge is 0.0995 e. The molecule has 0 aromatic heterocycles. The van der Waals surface area contributed by atoms with E-state index in [0.29, 0.717) is 6.54 Å². The molecule has 2 nitrogen and oxygen atoms in total. The zero-order valence-corrected chi connectivity index (χ0v) is 12.6. The van der Waals surface area contributed by atoms with Crippen molar-refractivity contribution in [2.24, 2.45) is 0 Å². The van der Waals surface area contributed by atoms with Gasteiger partial charge in [0, 0.05) is 16.7 Å². The summed E-state index contributed by atoms with van der Waals surface area (Å²) in [6.45, 7) is 4.82. The fourth-order valence-electron chi connectivity index (χ4n) is 2.16. The molecule has 2 aromatic rings. The van der Waals surface area contributed by atoms with Gasteiger partial charge in [0.05, 0.1) is 11.6 Å². The molecule has 0 aliphatic rings. The maximum Gasteiger partial charge on any atom is 0.0995 e. The average molecular weight is 315 g/mol. The van der Waals surface area contributed by atoms with Gasteiger partial charge in [-0.15, -0.1) is 0 Å². The predicted octanol–water partition coefficient (Wildman–Crippen LogP) is 4.55. The molecule has 2 rings (SSSR count). The second kappa shape index (κ2) is 5.90. The third kappa shape index (κ3) is 3.15. The van der Waals surface area contributed by atoms with Crippen molar-refractivity contribution in [2.45, 2.75) is 20.4 Å². The number of aryl methyl sites for hydroxylation is 2. The van der Waals surface area contributed by atoms with Crippen molar-refractivity contribution in [2.75, 3.05) is 5.32 Å². The molecule has 0 saturated carbocycles. The van der Waals surface area contributed by atoms with Crippen molar-refractivity contribution in [3.8, 4) is 6.07 Å². The van der Waals surface area contributed by atoms with Gasteiger partial charge in [-0.2, -0.15) is 5.26 Å². The van der Waals surface area contributed by atoms with Crippen molar-refractivity contribution < 1.29 is 0 Å². The highest BCUT2D eigenvalue weighted by Crippen LogP contribution is 2.25. The van der Waals surface area contributed by atoms with Crippen LogP contribution in [-0.4, -0.2) is 0 Å². The fraction of sp³-hybridized carbons (Fsp3) is 0.188. The number of anilines is 1. The van der Waals surface area contributed by atoms with Gasteiger partial charge in [0.1, 0.15) is 0 Å². The summed E-state index contributed by atoms with van der Waals surface area (Å²) in [6, 6.07) is 14.1. The maximum absolute atomic E-state index is 9.08. The van der Waals surface area contributed by atoms with Gasteiger partial charge < -0.3 is 5.32 Å². The van der Waals surface area contributed by atoms with Crippen molar-refractivity contribution in [1.82, 2.24) is 0 Å². The number of nitrogens with one attached hydrogen (secondary N) is 1. The number of hydrogen-bond acceptors (Lipinski definition) is 2. The Morgan fingerprint density at radius 2 is 1.79 bits per heavy atom. The van der Waals surface area contributed by atoms with Crippen LogP contribution in [0.25, 0.3) is 0 Å². The van der Waals surface area contributed by atoms with Crippen LogP contribution in [0.5, 0.6) is 0 Å². The lowest BCUT2D eigenvalue weighted by molar-refractivity contribution is 1.12. The van der Waals surface area contributed by atoms with Crippen LogP contribution >= 0.6 is 15.9 Å². The van der Waals surface area contributed by atoms with E-state index in [1.165, 1.54) is 11.1 Å². The van der Waals surface area contributed by atoms with Crippen LogP contribution < -0.4 is 5.32 Å². The average Bonchev–Trinajstić information content (AvgIpc) is 2.38. The zero-order valence-electron chi connectivity index (χ0n) is 11.0. The van der Waals surface area contributed by atoms with E-state index >= 15 is 0 Å². The highest BCUT2D eigenvalue weighted by atomic mass is 79.9. The molecule has 0 atom stereocenters. The molecule has 0 bridgehead atoms. The molecule has 0 fully saturated rings. The Hall–Kier alpha value is -1.79. The maximum atomic E-state index is 9.08. The lowest BCUT2D eigenvalue weighted by Crippen LogP contribution is -2.04. The molecule has 0 saturated heterocycles. The zero-order chi connectivity index (χ0) is 13.8. The number of halogens is 1. The van der Waals surface area contributed by atoms with Gasteiger partial charge in [-0.25, -0.2) is 0 Å². The summed E-state index contributed by atoms with van der Waals surface area (Å²) < 4.78 is 1.09. The van der Waals surface area contributed by atoms with E-state index in [1.54, 1.807) is 0 Å². The van der Waals surface area contributed by atoms with E-state index in [0.717, 1.165) is 21.3 Å². The molecule has 0 heterocycles. The number of nitrogens with zero attached hydrogens (tertiary/aromatic N) is 1. The Morgan fingerprint density at radius 1 is 1.16 bits per heavy atom. The lowest BCUT2D eigenvalue weighted by atomic mass is 10.1. The van der Waals surface area contributed by atoms with Crippen LogP contribution in [0.3, 0.4) is 0 Å². The van der Waals surface area contributed by atoms with Crippen molar-refractivity contribution in [3.05, 3.63) is 63.1 Å². The largest absolute Gasteiger partial charge is 0.380 e. The molecule has 96 valence electrons. The Labute approximate surface area is 122 Å². The van der Waals surface area contributed by atoms with Crippen molar-refractivity contribution in [1.29, 1.82) is 5.26 Å². The molecule has 0 radical (unpaired) electrons. The molecule has 0 unspecified atom stereocenters. The predicted molar refractivity (Wildman–Crippen MR) is 82.1 cm³/mol. The fourth-order valence-corrected chi connectivity index (χ4v) is 2.84. The molecule has 19 heavy (non-hydrogen) atoms. The SMILES string of the molecule is Cc1cc(Br)cc(C)c1NCc1ccccc1C#N. The lowest BCUT2D eigenvalue weighted by Gasteiger charge is -2.14. The summed E-state index contributed by atoms with van der Waals surface area (Å²) in [5.74, 6) is 0. The van der Waals surface area contributed by atoms with Crippen LogP contribution in [0.2, 0.25) is 0 Å². The number of benzene rings is 2. The summed E-state index contributed by atoms with van der Waals surface area (Å²) in [6.07, 6.45) is 0. The first-order chi connectivity index (χ1) is 9.11. The molecule has 1 N–H and O–H groups in total. The molecular formula is C16H15BrN2. The third-order valence-electron chi connectivity index (χ3n) is 3.09. The van der Waals surface area contributed by atoms with Crippen LogP contribution in [0.15, 0.2) is 40.9 Å². The van der Waals surface area contributed by atoms with E-state index in [2.05, 4.69) is 53.3 Å². The van der Waals surface area contributed by atoms with Gasteiger partial charge in [-0.3, -0.25) is 0 Å². The second-order valence-electron chi connectivity index (χ2n) is 4.54. The Bertz CT molecular complexity index is 618. The van der Waals surface area contributed by atoms with E-state index in [4.69, 9.17) is 5.26 Å². The van der Waals surface area contributed by atoms with Crippen molar-refractivity contribution in [3.63, 3.8) is 0 Å². The Balaban J connectivity index is 2.22. The minimum Gasteiger partial charge on any atom is -0.380 e. The van der Waals surface area contributed by atoms with E-state index in [1.807, 2.05) is 24.3 Å². The Kier molecular flexibility index (Phi) is 4.24. The van der Waals surface area contributed by atoms with Gasteiger partial charge in [0.25, 0.3) is 0 Å². The van der Waals surface area contributed by atoms with E-state index in [-0.39, 0.29) is 0 Å². The minimum absolute atomic E-state index is 0.660. The van der Waals surface area contributed by atoms with Gasteiger partial charge in [0.15, 0.2) is 0 Å². The van der Waals surface area contributed by atoms with Gasteiger partial charge in [-0.1, -0.05) is 34.1 Å². The van der Waals surface area contributed by atoms with Crippen LogP contribution in [0.4, 0.5) is 5.69 Å². The first-order valence-corrected chi connectivity index (χ1v) is 6.89. The molecule has 2 aromatic carbocycles. The first-order valence-electron chi connectivity index (χ1n) is 6.10. The minimum atomic E-state index is 0.660. The summed E-state index contributed by atoms with van der Waals surface area (Å²) in [5, 5.41) is 12.5. The molecular weight excluding hydrogens is 300 g/mol. The highest BCUT2D eigenvalue weighted by Gasteiger charge is 2.05. The first kappa shape index (κ1) is 13.6. The third-order valence-corrected chi connectivity index (χ3v) is 3.55. The second-order valence-corrected chi connectivity index (χ2v) is 5.45. The highest BCUT2D eigenvalue weighted by molar-refractivity contribution is 9.10. The molecule has 0 spiro atoms. The Morgan fingerprint density at radius 3 is 2.42 bits per heavy atom. The summed E-state index contributed by atoms with van der Waals surface area (Å²) in [5.41, 5.74) is 5.27. The summed E-state index contributed by atoms with van der Waals surface area (Å²) in [7, 11) is 0. The number of hydrogen-bond donors (Lipinski definition) is 1. The monoisotopic (exact) mass is 314 g/mol. The van der Waals surface area contributed by atoms with Crippen molar-refractivity contribution >= 4 is 21.6 Å². The van der Waals surface area contributed by atoms with Gasteiger partial charge >= 0.3 is 0 Å². The molecule has 0 amide bonds. The van der Waals surface area contributed by atoms with E-state index < -0.39 is 0 Å². The van der Waals surface area contributed by atoms with E-state index in [9.17, 15) is 0 Å². The molecule has 0 aliphatic heterocycles. The standard InChI is InChI=1S/C16H15BrN2/c1-11-7-15(17)8-12(2)16(11)19-10-14-6-4-3-5-13(14)9-18/h3-8,19H,10H2,1-2H3. The number of rotatable bonds is 3. The summed E-state index contributed by atoms with van der Waals surface area (Å²) in [4.78, 5) is 0. The molecule has 3 heteroatoms.